The molecule has 1 N–H and O–H groups in total. The number of amides is 3. The summed E-state index contributed by atoms with van der Waals surface area (Å²) >= 11 is 0. The van der Waals surface area contributed by atoms with E-state index in [9.17, 15) is 18.4 Å². The van der Waals surface area contributed by atoms with Gasteiger partial charge in [0.25, 0.3) is 0 Å². The molecule has 1 spiro atoms. The van der Waals surface area contributed by atoms with Gasteiger partial charge in [0, 0.05) is 23.7 Å². The molecular formula is C29H28F2N4O3. The molecule has 0 unspecified atom stereocenters. The Bertz CT molecular complexity index is 1340. The number of rotatable bonds is 5. The van der Waals surface area contributed by atoms with Crippen molar-refractivity contribution in [2.24, 2.45) is 0 Å². The van der Waals surface area contributed by atoms with E-state index in [0.717, 1.165) is 49.5 Å². The number of aromatic nitrogens is 1. The smallest absolute Gasteiger partial charge is 0.418 e. The lowest BCUT2D eigenvalue weighted by atomic mass is 9.73. The number of halogens is 2. The van der Waals surface area contributed by atoms with Crippen molar-refractivity contribution in [2.45, 2.75) is 30.7 Å². The molecule has 0 radical (unpaired) electrons. The Kier molecular flexibility index (Phi) is 6.31. The van der Waals surface area contributed by atoms with Gasteiger partial charge in [-0.2, -0.15) is 0 Å². The Morgan fingerprint density at radius 1 is 1.05 bits per heavy atom. The molecule has 3 aliphatic rings. The fourth-order valence-electron chi connectivity index (χ4n) is 6.13. The van der Waals surface area contributed by atoms with Crippen LogP contribution in [0.15, 0.2) is 60.8 Å². The number of ether oxygens (including phenoxy) is 1. The minimum absolute atomic E-state index is 0.0527. The van der Waals surface area contributed by atoms with Crippen LogP contribution in [-0.4, -0.2) is 59.7 Å². The summed E-state index contributed by atoms with van der Waals surface area (Å²) in [6, 6.07) is 14.7. The number of pyridine rings is 1. The molecule has 1 aromatic heterocycles. The third-order valence-electron chi connectivity index (χ3n) is 8.05. The molecule has 38 heavy (non-hydrogen) atoms. The zero-order valence-electron chi connectivity index (χ0n) is 20.8. The first-order chi connectivity index (χ1) is 18.5. The van der Waals surface area contributed by atoms with Crippen LogP contribution in [0.5, 0.6) is 0 Å². The fraction of sp³-hybridized carbons (Fsp3) is 0.345. The Balaban J connectivity index is 1.03. The lowest BCUT2D eigenvalue weighted by Gasteiger charge is -2.40. The Hall–Kier alpha value is -3.85. The molecule has 3 amide bonds. The van der Waals surface area contributed by atoms with E-state index in [1.165, 1.54) is 28.5 Å². The van der Waals surface area contributed by atoms with Crippen molar-refractivity contribution in [3.63, 3.8) is 0 Å². The maximum Gasteiger partial charge on any atom is 0.418 e. The predicted molar refractivity (Wildman–Crippen MR) is 136 cm³/mol. The van der Waals surface area contributed by atoms with E-state index in [1.807, 2.05) is 12.3 Å². The number of benzene rings is 2. The highest BCUT2D eigenvalue weighted by Crippen LogP contribution is 2.52. The van der Waals surface area contributed by atoms with Gasteiger partial charge in [0.1, 0.15) is 12.6 Å². The largest absolute Gasteiger partial charge is 0.446 e. The highest BCUT2D eigenvalue weighted by Gasteiger charge is 2.46. The third kappa shape index (κ3) is 4.11. The number of piperidine rings is 1. The molecular weight excluding hydrogens is 490 g/mol. The monoisotopic (exact) mass is 518 g/mol. The number of fused-ring (bicyclic) bond motifs is 5. The number of nitrogens with zero attached hydrogens (tertiary/aromatic N) is 3. The van der Waals surface area contributed by atoms with Gasteiger partial charge in [-0.25, -0.2) is 23.3 Å². The van der Waals surface area contributed by atoms with Gasteiger partial charge in [-0.05, 0) is 73.8 Å². The van der Waals surface area contributed by atoms with Crippen LogP contribution in [0, 0.1) is 11.6 Å². The van der Waals surface area contributed by atoms with Crippen molar-refractivity contribution in [3.05, 3.63) is 89.2 Å². The first-order valence-corrected chi connectivity index (χ1v) is 12.9. The topological polar surface area (TPSA) is 74.8 Å². The predicted octanol–water partition coefficient (Wildman–Crippen LogP) is 5.02. The van der Waals surface area contributed by atoms with Gasteiger partial charge in [0.05, 0.1) is 5.69 Å². The number of carbonyl (C=O) groups excluding carboxylic acids is 2. The van der Waals surface area contributed by atoms with Gasteiger partial charge in [-0.3, -0.25) is 4.98 Å². The van der Waals surface area contributed by atoms with Crippen LogP contribution < -0.4 is 5.32 Å². The second-order valence-electron chi connectivity index (χ2n) is 10.1. The number of hydrogen-bond acceptors (Lipinski definition) is 5. The average Bonchev–Trinajstić information content (AvgIpc) is 3.46. The van der Waals surface area contributed by atoms with Gasteiger partial charge in [-0.15, -0.1) is 0 Å². The Labute approximate surface area is 219 Å². The summed E-state index contributed by atoms with van der Waals surface area (Å²) in [5, 5.41) is 2.78. The second-order valence-corrected chi connectivity index (χ2v) is 10.1. The summed E-state index contributed by atoms with van der Waals surface area (Å²) in [7, 11) is 0. The molecule has 1 atom stereocenters. The Morgan fingerprint density at radius 3 is 2.66 bits per heavy atom. The SMILES string of the molecule is O=C(NCCCN1CCC2(CC1)c1ccccc1-c1cccnc12)N1C(=O)OC[C@@H]1c1ccc(F)c(F)c1. The summed E-state index contributed by atoms with van der Waals surface area (Å²) < 4.78 is 32.0. The molecule has 3 heterocycles. The molecule has 2 saturated heterocycles. The molecule has 0 bridgehead atoms. The first kappa shape index (κ1) is 24.5. The maximum atomic E-state index is 13.7. The van der Waals surface area contributed by atoms with E-state index >= 15 is 0 Å². The number of likely N-dealkylation sites (tertiary alicyclic amines) is 1. The van der Waals surface area contributed by atoms with Gasteiger partial charge in [0.2, 0.25) is 0 Å². The molecule has 196 valence electrons. The lowest BCUT2D eigenvalue weighted by molar-refractivity contribution is 0.157. The van der Waals surface area contributed by atoms with E-state index in [2.05, 4.69) is 40.5 Å². The minimum Gasteiger partial charge on any atom is -0.446 e. The third-order valence-corrected chi connectivity index (χ3v) is 8.05. The number of nitrogens with one attached hydrogen (secondary N) is 1. The van der Waals surface area contributed by atoms with Gasteiger partial charge < -0.3 is 15.0 Å². The first-order valence-electron chi connectivity index (χ1n) is 12.9. The molecule has 1 aliphatic carbocycles. The number of hydrogen-bond donors (Lipinski definition) is 1. The molecule has 9 heteroatoms. The fourth-order valence-corrected chi connectivity index (χ4v) is 6.13. The van der Waals surface area contributed by atoms with Gasteiger partial charge in [0.15, 0.2) is 11.6 Å². The molecule has 2 aromatic carbocycles. The van der Waals surface area contributed by atoms with Crippen LogP contribution >= 0.6 is 0 Å². The minimum atomic E-state index is -1.04. The zero-order chi connectivity index (χ0) is 26.3. The van der Waals surface area contributed by atoms with Crippen molar-refractivity contribution >= 4 is 12.1 Å². The van der Waals surface area contributed by atoms with Crippen LogP contribution in [0.25, 0.3) is 11.1 Å². The van der Waals surface area contributed by atoms with Crippen LogP contribution in [0.4, 0.5) is 18.4 Å². The van der Waals surface area contributed by atoms with Crippen molar-refractivity contribution in [2.75, 3.05) is 32.8 Å². The summed E-state index contributed by atoms with van der Waals surface area (Å²) in [4.78, 5) is 33.1. The van der Waals surface area contributed by atoms with Crippen LogP contribution in [0.3, 0.4) is 0 Å². The maximum absolute atomic E-state index is 13.7. The van der Waals surface area contributed by atoms with E-state index in [1.54, 1.807) is 0 Å². The zero-order valence-corrected chi connectivity index (χ0v) is 20.8. The second kappa shape index (κ2) is 9.79. The molecule has 7 nitrogen and oxygen atoms in total. The van der Waals surface area contributed by atoms with Gasteiger partial charge in [-0.1, -0.05) is 36.4 Å². The van der Waals surface area contributed by atoms with Crippen LogP contribution in [-0.2, 0) is 10.2 Å². The number of urea groups is 1. The van der Waals surface area contributed by atoms with Gasteiger partial charge >= 0.3 is 12.1 Å². The molecule has 3 aromatic rings. The van der Waals surface area contributed by atoms with E-state index in [-0.39, 0.29) is 12.0 Å². The van der Waals surface area contributed by atoms with E-state index in [4.69, 9.17) is 9.72 Å². The summed E-state index contributed by atoms with van der Waals surface area (Å²) in [5.41, 5.74) is 5.32. The molecule has 2 fully saturated rings. The highest BCUT2D eigenvalue weighted by molar-refractivity contribution is 5.92. The summed E-state index contributed by atoms with van der Waals surface area (Å²) in [5.74, 6) is -2.03. The normalized spacial score (nSPS) is 19.8. The van der Waals surface area contributed by atoms with Crippen molar-refractivity contribution in [3.8, 4) is 11.1 Å². The highest BCUT2D eigenvalue weighted by atomic mass is 19.2. The summed E-state index contributed by atoms with van der Waals surface area (Å²) in [6.07, 6.45) is 3.76. The average molecular weight is 519 g/mol. The van der Waals surface area contributed by atoms with Crippen molar-refractivity contribution < 1.29 is 23.1 Å². The molecule has 6 rings (SSSR count). The van der Waals surface area contributed by atoms with Crippen LogP contribution in [0.1, 0.15) is 42.1 Å². The standard InChI is InChI=1S/C29H28F2N4O3/c30-23-9-8-19(17-24(23)31)25-18-38-28(37)35(25)27(36)33-13-4-14-34-15-10-29(11-16-34)22-7-2-1-5-20(22)21-6-3-12-32-26(21)29/h1-3,5-9,12,17,25H,4,10-11,13-16,18H2,(H,33,36)/t25-/m1/s1. The van der Waals surface area contributed by atoms with E-state index < -0.39 is 29.8 Å². The Morgan fingerprint density at radius 2 is 1.84 bits per heavy atom. The summed E-state index contributed by atoms with van der Waals surface area (Å²) in [6.45, 7) is 2.93. The number of cyclic esters (lactones) is 1. The molecule has 2 aliphatic heterocycles. The van der Waals surface area contributed by atoms with Crippen molar-refractivity contribution in [1.29, 1.82) is 0 Å². The number of carbonyl (C=O) groups is 2. The van der Waals surface area contributed by atoms with Crippen LogP contribution in [0.2, 0.25) is 0 Å². The number of imide groups is 1. The van der Waals surface area contributed by atoms with E-state index in [0.29, 0.717) is 18.5 Å². The van der Waals surface area contributed by atoms with Crippen molar-refractivity contribution in [1.82, 2.24) is 20.1 Å². The molecule has 0 saturated carbocycles. The quantitative estimate of drug-likeness (QED) is 0.481. The lowest BCUT2D eigenvalue weighted by Crippen LogP contribution is -2.45.